The Labute approximate surface area is 180 Å². The van der Waals surface area contributed by atoms with Gasteiger partial charge in [-0.05, 0) is 67.1 Å². The van der Waals surface area contributed by atoms with Crippen LogP contribution in [0.1, 0.15) is 24.0 Å². The Morgan fingerprint density at radius 1 is 1.17 bits per heavy atom. The van der Waals surface area contributed by atoms with E-state index in [0.717, 1.165) is 29.3 Å². The van der Waals surface area contributed by atoms with Gasteiger partial charge in [0.25, 0.3) is 5.56 Å². The van der Waals surface area contributed by atoms with Crippen LogP contribution in [-0.4, -0.2) is 37.0 Å². The normalized spacial score (nSPS) is 17.1. The Hall–Kier alpha value is -2.19. The summed E-state index contributed by atoms with van der Waals surface area (Å²) in [7, 11) is -3.84. The maximum atomic E-state index is 13.4. The quantitative estimate of drug-likeness (QED) is 0.623. The molecule has 1 aliphatic rings. The molecule has 8 heteroatoms. The molecule has 0 saturated carbocycles. The molecule has 1 N–H and O–H groups in total. The lowest BCUT2D eigenvalue weighted by molar-refractivity contribution is 0.0925. The van der Waals surface area contributed by atoms with Crippen molar-refractivity contribution < 1.29 is 13.2 Å². The Bertz CT molecular complexity index is 1220. The number of benzene rings is 2. The number of hydrogen-bond donors (Lipinski definition) is 1. The number of H-pyrrole nitrogens is 1. The van der Waals surface area contributed by atoms with Crippen molar-refractivity contribution in [3.05, 3.63) is 75.0 Å². The van der Waals surface area contributed by atoms with Crippen molar-refractivity contribution in [3.8, 4) is 0 Å². The molecule has 158 valence electrons. The minimum atomic E-state index is -3.84. The lowest BCUT2D eigenvalue weighted by Gasteiger charge is -2.25. The molecule has 0 amide bonds. The van der Waals surface area contributed by atoms with Crippen LogP contribution < -0.4 is 5.56 Å². The van der Waals surface area contributed by atoms with Gasteiger partial charge in [-0.15, -0.1) is 0 Å². The minimum absolute atomic E-state index is 0.0377. The third-order valence-electron chi connectivity index (χ3n) is 5.31. The van der Waals surface area contributed by atoms with E-state index < -0.39 is 10.0 Å². The van der Waals surface area contributed by atoms with Crippen LogP contribution in [0.3, 0.4) is 0 Å². The summed E-state index contributed by atoms with van der Waals surface area (Å²) in [5.41, 5.74) is 1.87. The summed E-state index contributed by atoms with van der Waals surface area (Å²) in [6.45, 7) is 2.73. The van der Waals surface area contributed by atoms with E-state index in [1.807, 2.05) is 25.1 Å². The van der Waals surface area contributed by atoms with Crippen molar-refractivity contribution in [2.75, 3.05) is 13.2 Å². The Morgan fingerprint density at radius 2 is 1.93 bits per heavy atom. The fourth-order valence-electron chi connectivity index (χ4n) is 3.69. The average Bonchev–Trinajstić information content (AvgIpc) is 3.21. The second-order valence-corrected chi connectivity index (χ2v) is 9.98. The van der Waals surface area contributed by atoms with Gasteiger partial charge < -0.3 is 9.72 Å². The highest BCUT2D eigenvalue weighted by Crippen LogP contribution is 2.24. The molecule has 1 aliphatic heterocycles. The summed E-state index contributed by atoms with van der Waals surface area (Å²) in [5.74, 6) is 0. The summed E-state index contributed by atoms with van der Waals surface area (Å²) in [4.78, 5) is 15.7. The summed E-state index contributed by atoms with van der Waals surface area (Å²) in [5, 5.41) is 1.32. The van der Waals surface area contributed by atoms with Crippen molar-refractivity contribution in [3.63, 3.8) is 0 Å². The largest absolute Gasteiger partial charge is 0.377 e. The number of aryl methyl sites for hydroxylation is 1. The van der Waals surface area contributed by atoms with Crippen molar-refractivity contribution >= 4 is 32.5 Å². The molecule has 2 heterocycles. The number of nitrogens with zero attached hydrogens (tertiary/aromatic N) is 1. The van der Waals surface area contributed by atoms with Gasteiger partial charge in [0.15, 0.2) is 0 Å². The van der Waals surface area contributed by atoms with Gasteiger partial charge in [-0.1, -0.05) is 23.7 Å². The number of fused-ring (bicyclic) bond motifs is 1. The number of hydrogen-bond acceptors (Lipinski definition) is 4. The summed E-state index contributed by atoms with van der Waals surface area (Å²) >= 11 is 5.92. The zero-order valence-electron chi connectivity index (χ0n) is 16.6. The number of aromatic amines is 1. The van der Waals surface area contributed by atoms with Crippen molar-refractivity contribution in [2.45, 2.75) is 37.3 Å². The fraction of sp³-hybridized carbons (Fsp3) is 0.318. The molecular formula is C22H23ClN2O4S. The third-order valence-corrected chi connectivity index (χ3v) is 7.39. The van der Waals surface area contributed by atoms with Gasteiger partial charge in [-0.25, -0.2) is 8.42 Å². The highest BCUT2D eigenvalue weighted by Gasteiger charge is 2.30. The maximum Gasteiger partial charge on any atom is 0.252 e. The zero-order valence-corrected chi connectivity index (χ0v) is 18.2. The number of aromatic nitrogens is 1. The molecule has 3 aromatic rings. The molecule has 0 unspecified atom stereocenters. The van der Waals surface area contributed by atoms with E-state index in [1.165, 1.54) is 16.4 Å². The molecule has 4 rings (SSSR count). The minimum Gasteiger partial charge on any atom is -0.377 e. The van der Waals surface area contributed by atoms with Crippen LogP contribution in [-0.2, 0) is 21.3 Å². The average molecular weight is 447 g/mol. The number of pyridine rings is 1. The zero-order chi connectivity index (χ0) is 21.3. The lowest BCUT2D eigenvalue weighted by Crippen LogP contribution is -2.38. The maximum absolute atomic E-state index is 13.4. The van der Waals surface area contributed by atoms with Crippen molar-refractivity contribution in [1.29, 1.82) is 0 Å². The monoisotopic (exact) mass is 446 g/mol. The van der Waals surface area contributed by atoms with Gasteiger partial charge in [-0.2, -0.15) is 4.31 Å². The van der Waals surface area contributed by atoms with Crippen LogP contribution in [0.4, 0.5) is 0 Å². The third kappa shape index (κ3) is 4.44. The molecule has 0 radical (unpaired) electrons. The molecule has 1 atom stereocenters. The highest BCUT2D eigenvalue weighted by atomic mass is 35.5. The summed E-state index contributed by atoms with van der Waals surface area (Å²) in [6, 6.07) is 13.6. The van der Waals surface area contributed by atoms with Crippen molar-refractivity contribution in [2.24, 2.45) is 0 Å². The van der Waals surface area contributed by atoms with E-state index in [0.29, 0.717) is 17.2 Å². The van der Waals surface area contributed by atoms with Gasteiger partial charge in [0.1, 0.15) is 0 Å². The van der Waals surface area contributed by atoms with Gasteiger partial charge >= 0.3 is 0 Å². The lowest BCUT2D eigenvalue weighted by atomic mass is 10.1. The second-order valence-electron chi connectivity index (χ2n) is 7.60. The van der Waals surface area contributed by atoms with Crippen LogP contribution >= 0.6 is 11.6 Å². The van der Waals surface area contributed by atoms with E-state index in [2.05, 4.69) is 4.98 Å². The second kappa shape index (κ2) is 8.51. The van der Waals surface area contributed by atoms with Crippen LogP contribution in [0.25, 0.3) is 10.9 Å². The van der Waals surface area contributed by atoms with E-state index >= 15 is 0 Å². The number of nitrogens with one attached hydrogen (secondary N) is 1. The Kier molecular flexibility index (Phi) is 5.97. The summed E-state index contributed by atoms with van der Waals surface area (Å²) < 4.78 is 33.7. The topological polar surface area (TPSA) is 79.5 Å². The number of halogens is 1. The molecule has 0 aliphatic carbocycles. The van der Waals surface area contributed by atoms with Gasteiger partial charge in [-0.3, -0.25) is 4.79 Å². The molecule has 6 nitrogen and oxygen atoms in total. The molecular weight excluding hydrogens is 424 g/mol. The number of ether oxygens (including phenoxy) is 1. The predicted molar refractivity (Wildman–Crippen MR) is 117 cm³/mol. The first kappa shape index (κ1) is 21.1. The SMILES string of the molecule is Cc1ccc2cc(CN(C[C@H]3CCCO3)S(=O)(=O)c3ccc(Cl)cc3)c(=O)[nH]c2c1. The molecule has 1 fully saturated rings. The molecule has 1 aromatic heterocycles. The molecule has 30 heavy (non-hydrogen) atoms. The van der Waals surface area contributed by atoms with E-state index in [9.17, 15) is 13.2 Å². The van der Waals surface area contributed by atoms with E-state index in [4.69, 9.17) is 16.3 Å². The first-order valence-electron chi connectivity index (χ1n) is 9.83. The standard InChI is InChI=1S/C22H23ClN2O4S/c1-15-4-5-16-12-17(22(26)24-21(16)11-15)13-25(14-19-3-2-10-29-19)30(27,28)20-8-6-18(23)7-9-20/h4-9,11-12,19H,2-3,10,13-14H2,1H3,(H,24,26)/t19-/m1/s1. The van der Waals surface area contributed by atoms with Crippen LogP contribution in [0, 0.1) is 6.92 Å². The van der Waals surface area contributed by atoms with E-state index in [1.54, 1.807) is 18.2 Å². The Morgan fingerprint density at radius 3 is 2.63 bits per heavy atom. The van der Waals surface area contributed by atoms with Gasteiger partial charge in [0, 0.05) is 35.8 Å². The van der Waals surface area contributed by atoms with Crippen LogP contribution in [0.2, 0.25) is 5.02 Å². The highest BCUT2D eigenvalue weighted by molar-refractivity contribution is 7.89. The molecule has 2 aromatic carbocycles. The fourth-order valence-corrected chi connectivity index (χ4v) is 5.26. The molecule has 0 bridgehead atoms. The number of sulfonamides is 1. The van der Waals surface area contributed by atoms with Crippen LogP contribution in [0.15, 0.2) is 58.2 Å². The van der Waals surface area contributed by atoms with E-state index in [-0.39, 0.29) is 29.6 Å². The molecule has 0 spiro atoms. The van der Waals surface area contributed by atoms with Gasteiger partial charge in [0.2, 0.25) is 10.0 Å². The predicted octanol–water partition coefficient (Wildman–Crippen LogP) is 3.86. The Balaban J connectivity index is 1.72. The van der Waals surface area contributed by atoms with Crippen molar-refractivity contribution in [1.82, 2.24) is 9.29 Å². The number of rotatable bonds is 6. The first-order chi connectivity index (χ1) is 14.3. The first-order valence-corrected chi connectivity index (χ1v) is 11.6. The summed E-state index contributed by atoms with van der Waals surface area (Å²) in [6.07, 6.45) is 1.50. The van der Waals surface area contributed by atoms with Crippen LogP contribution in [0.5, 0.6) is 0 Å². The molecule has 1 saturated heterocycles. The smallest absolute Gasteiger partial charge is 0.252 e. The van der Waals surface area contributed by atoms with Gasteiger partial charge in [0.05, 0.1) is 11.0 Å².